The summed E-state index contributed by atoms with van der Waals surface area (Å²) in [5.41, 5.74) is 2.23. The summed E-state index contributed by atoms with van der Waals surface area (Å²) in [7, 11) is 5.96. The summed E-state index contributed by atoms with van der Waals surface area (Å²) >= 11 is 0. The summed E-state index contributed by atoms with van der Waals surface area (Å²) in [6.07, 6.45) is 31.9. The van der Waals surface area contributed by atoms with E-state index in [4.69, 9.17) is 18.9 Å². The molecule has 0 aliphatic carbocycles. The van der Waals surface area contributed by atoms with Crippen LogP contribution in [0.3, 0.4) is 0 Å². The van der Waals surface area contributed by atoms with Gasteiger partial charge in [0.2, 0.25) is 0 Å². The Hall–Kier alpha value is -7.95. The van der Waals surface area contributed by atoms with Gasteiger partial charge in [-0.3, -0.25) is 20.0 Å². The van der Waals surface area contributed by atoms with Crippen molar-refractivity contribution in [1.82, 2.24) is 38.2 Å². The van der Waals surface area contributed by atoms with Crippen LogP contribution in [-0.4, -0.2) is 118 Å². The molecular weight excluding hydrogens is 1100 g/mol. The van der Waals surface area contributed by atoms with Crippen LogP contribution in [0.15, 0.2) is 168 Å². The van der Waals surface area contributed by atoms with Crippen molar-refractivity contribution in [3.05, 3.63) is 170 Å². The maximum atomic E-state index is 11.8. The van der Waals surface area contributed by atoms with Crippen LogP contribution in [0.5, 0.6) is 46.0 Å². The van der Waals surface area contributed by atoms with Crippen LogP contribution in [0, 0.1) is 0 Å². The average molecular weight is 1160 g/mol. The molecule has 0 amide bonds. The van der Waals surface area contributed by atoms with Gasteiger partial charge in [-0.25, -0.2) is 19.9 Å². The Morgan fingerprint density at radius 2 is 0.590 bits per heavy atom. The van der Waals surface area contributed by atoms with Crippen molar-refractivity contribution in [2.75, 3.05) is 54.6 Å². The van der Waals surface area contributed by atoms with Crippen LogP contribution < -0.4 is 39.4 Å². The second-order valence-corrected chi connectivity index (χ2v) is 16.3. The minimum Gasteiger partial charge on any atom is -0.870 e. The number of rotatable bonds is 24. The number of hydrogen-bond acceptors (Lipinski definition) is 16. The van der Waals surface area contributed by atoms with E-state index in [0.29, 0.717) is 71.4 Å². The fourth-order valence-corrected chi connectivity index (χ4v) is 6.89. The largest absolute Gasteiger partial charge is 2.00 e. The van der Waals surface area contributed by atoms with Crippen molar-refractivity contribution in [1.29, 1.82) is 0 Å². The van der Waals surface area contributed by atoms with Gasteiger partial charge in [-0.05, 0) is 72.2 Å². The zero-order valence-electron chi connectivity index (χ0n) is 44.7. The minimum atomic E-state index is -0.122. The van der Waals surface area contributed by atoms with Crippen LogP contribution in [0.25, 0.3) is 0 Å². The quantitative estimate of drug-likeness (QED) is 0.0390. The molecule has 0 unspecified atom stereocenters. The molecule has 0 aliphatic rings. The SMILES string of the molecule is COc1cccc(C=NCCCn2ccnc2)c1[O-].COc1cccc(C=NCCCn2ccnc2)c1[O-].COc1cccc(C=NCCCn2ccnc2)c1[O-].COc1cccc(C=NCCCn2ccnc2)c1[O-].[Zn+2].[Zn+2]. The van der Waals surface area contributed by atoms with E-state index in [9.17, 15) is 20.4 Å². The molecule has 0 atom stereocenters. The predicted octanol–water partition coefficient (Wildman–Crippen LogP) is 5.89. The molecule has 0 aliphatic heterocycles. The molecule has 0 radical (unpaired) electrons. The molecule has 0 N–H and O–H groups in total. The maximum Gasteiger partial charge on any atom is 2.00 e. The summed E-state index contributed by atoms with van der Waals surface area (Å²) in [5, 5.41) is 47.3. The summed E-state index contributed by atoms with van der Waals surface area (Å²) in [6.45, 7) is 6.20. The molecule has 20 nitrogen and oxygen atoms in total. The van der Waals surface area contributed by atoms with Crippen molar-refractivity contribution < 1.29 is 78.3 Å². The monoisotopic (exact) mass is 1160 g/mol. The van der Waals surface area contributed by atoms with Gasteiger partial charge < -0.3 is 57.6 Å². The van der Waals surface area contributed by atoms with E-state index in [0.717, 1.165) is 51.9 Å². The van der Waals surface area contributed by atoms with Crippen molar-refractivity contribution in [2.45, 2.75) is 51.9 Å². The Bertz CT molecular complexity index is 2550. The van der Waals surface area contributed by atoms with Gasteiger partial charge in [-0.1, -0.05) is 71.5 Å². The Morgan fingerprint density at radius 3 is 0.769 bits per heavy atom. The molecule has 0 saturated carbocycles. The first-order chi connectivity index (χ1) is 37.2. The Balaban J connectivity index is 0.000000271. The summed E-state index contributed by atoms with van der Waals surface area (Å²) < 4.78 is 27.9. The van der Waals surface area contributed by atoms with Gasteiger partial charge in [-0.15, -0.1) is 0 Å². The van der Waals surface area contributed by atoms with Gasteiger partial charge in [0.25, 0.3) is 0 Å². The first-order valence-corrected chi connectivity index (χ1v) is 24.4. The van der Waals surface area contributed by atoms with Gasteiger partial charge >= 0.3 is 39.0 Å². The van der Waals surface area contributed by atoms with Gasteiger partial charge in [0, 0.05) is 127 Å². The summed E-state index contributed by atoms with van der Waals surface area (Å²) in [6, 6.07) is 20.7. The van der Waals surface area contributed by atoms with Crippen LogP contribution in [0.4, 0.5) is 0 Å². The number of methoxy groups -OCH3 is 4. The maximum absolute atomic E-state index is 11.8. The zero-order chi connectivity index (χ0) is 54.0. The second-order valence-electron chi connectivity index (χ2n) is 16.3. The van der Waals surface area contributed by atoms with Crippen molar-refractivity contribution in [3.8, 4) is 46.0 Å². The molecular formula is C56H64N12O8Zn2. The minimum absolute atomic E-state index is 0. The second kappa shape index (κ2) is 37.7. The normalized spacial score (nSPS) is 10.7. The number of aromatic nitrogens is 8. The third kappa shape index (κ3) is 22.7. The van der Waals surface area contributed by atoms with Crippen molar-refractivity contribution in [3.63, 3.8) is 0 Å². The molecule has 0 saturated heterocycles. The van der Waals surface area contributed by atoms with E-state index >= 15 is 0 Å². The van der Waals surface area contributed by atoms with E-state index < -0.39 is 0 Å². The smallest absolute Gasteiger partial charge is 0.870 e. The number of aliphatic imine (C=N–C) groups is 4. The molecule has 8 aromatic rings. The molecule has 0 spiro atoms. The van der Waals surface area contributed by atoms with E-state index in [1.54, 1.807) is 148 Å². The Morgan fingerprint density at radius 1 is 0.372 bits per heavy atom. The van der Waals surface area contributed by atoms with Crippen LogP contribution in [0.1, 0.15) is 47.9 Å². The fourth-order valence-electron chi connectivity index (χ4n) is 6.89. The first-order valence-electron chi connectivity index (χ1n) is 24.4. The van der Waals surface area contributed by atoms with Crippen molar-refractivity contribution in [2.24, 2.45) is 20.0 Å². The van der Waals surface area contributed by atoms with Crippen molar-refractivity contribution >= 4 is 24.9 Å². The molecule has 400 valence electrons. The van der Waals surface area contributed by atoms with Gasteiger partial charge in [0.15, 0.2) is 0 Å². The average Bonchev–Trinajstić information content (AvgIpc) is 4.32. The number of hydrogen-bond donors (Lipinski definition) is 0. The topological polar surface area (TPSA) is 250 Å². The molecule has 22 heteroatoms. The van der Waals surface area contributed by atoms with Crippen LogP contribution in [0.2, 0.25) is 0 Å². The third-order valence-electron chi connectivity index (χ3n) is 10.9. The number of benzene rings is 4. The number of aryl methyl sites for hydroxylation is 4. The fraction of sp³-hybridized carbons (Fsp3) is 0.286. The standard InChI is InChI=1S/4C14H17N3O2.2Zn/c4*1-19-13-5-2-4-12(14(13)18)10-15-6-3-8-17-9-7-16-11-17;;/h4*2,4-5,7,9-11,18H,3,6,8H2,1H3;;/q;;;;2*+2/p-4. The molecule has 4 aromatic heterocycles. The zero-order valence-corrected chi connectivity index (χ0v) is 50.6. The number of ether oxygens (including phenoxy) is 4. The Labute approximate surface area is 481 Å². The number of nitrogens with zero attached hydrogens (tertiary/aromatic N) is 12. The van der Waals surface area contributed by atoms with Crippen LogP contribution >= 0.6 is 0 Å². The molecule has 4 heterocycles. The molecule has 0 bridgehead atoms. The number of para-hydroxylation sites is 4. The first kappa shape index (κ1) is 64.3. The molecule has 78 heavy (non-hydrogen) atoms. The predicted molar refractivity (Wildman–Crippen MR) is 287 cm³/mol. The number of imidazole rings is 4. The van der Waals surface area contributed by atoms with Gasteiger partial charge in [-0.2, -0.15) is 0 Å². The summed E-state index contributed by atoms with van der Waals surface area (Å²) in [5.74, 6) is 0.910. The third-order valence-corrected chi connectivity index (χ3v) is 10.9. The van der Waals surface area contributed by atoms with Gasteiger partial charge in [0.05, 0.1) is 53.7 Å². The van der Waals surface area contributed by atoms with Crippen LogP contribution in [-0.2, 0) is 65.1 Å². The Kier molecular flexibility index (Phi) is 31.1. The van der Waals surface area contributed by atoms with Gasteiger partial charge in [0.1, 0.15) is 23.0 Å². The van der Waals surface area contributed by atoms with E-state index in [-0.39, 0.29) is 62.0 Å². The summed E-state index contributed by atoms with van der Waals surface area (Å²) in [4.78, 5) is 32.9. The van der Waals surface area contributed by atoms with E-state index in [1.807, 2.05) is 43.1 Å². The van der Waals surface area contributed by atoms with E-state index in [2.05, 4.69) is 39.9 Å². The molecule has 8 rings (SSSR count). The van der Waals surface area contributed by atoms with E-state index in [1.165, 1.54) is 28.4 Å². The molecule has 0 fully saturated rings. The molecule has 4 aromatic carbocycles.